The van der Waals surface area contributed by atoms with Crippen molar-refractivity contribution in [3.63, 3.8) is 0 Å². The minimum atomic E-state index is -0.126. The van der Waals surface area contributed by atoms with Gasteiger partial charge in [-0.3, -0.25) is 9.78 Å². The first-order chi connectivity index (χ1) is 6.86. The molecule has 1 saturated heterocycles. The maximum Gasteiger partial charge on any atom is 0.237 e. The summed E-state index contributed by atoms with van der Waals surface area (Å²) < 4.78 is 0. The molecule has 14 heavy (non-hydrogen) atoms. The van der Waals surface area contributed by atoms with Crippen molar-refractivity contribution in [2.24, 2.45) is 0 Å². The summed E-state index contributed by atoms with van der Waals surface area (Å²) in [6, 6.07) is 5.61. The van der Waals surface area contributed by atoms with Crippen molar-refractivity contribution >= 4 is 5.91 Å². The van der Waals surface area contributed by atoms with E-state index in [-0.39, 0.29) is 11.9 Å². The molecule has 1 fully saturated rings. The Morgan fingerprint density at radius 2 is 2.36 bits per heavy atom. The maximum absolute atomic E-state index is 11.4. The molecule has 4 heteroatoms. The average molecular weight is 191 g/mol. The maximum atomic E-state index is 11.4. The number of pyridine rings is 1. The zero-order chi connectivity index (χ0) is 9.80. The van der Waals surface area contributed by atoms with Crippen molar-refractivity contribution in [1.82, 2.24) is 15.6 Å². The molecule has 0 radical (unpaired) electrons. The highest BCUT2D eigenvalue weighted by Gasteiger charge is 2.21. The zero-order valence-electron chi connectivity index (χ0n) is 7.86. The number of hydrogen-bond acceptors (Lipinski definition) is 3. The molecule has 0 spiro atoms. The summed E-state index contributed by atoms with van der Waals surface area (Å²) >= 11 is 0. The van der Waals surface area contributed by atoms with Gasteiger partial charge in [0.2, 0.25) is 5.91 Å². The van der Waals surface area contributed by atoms with Crippen LogP contribution in [0.2, 0.25) is 0 Å². The fourth-order valence-electron chi connectivity index (χ4n) is 1.54. The van der Waals surface area contributed by atoms with Crippen LogP contribution in [0.5, 0.6) is 0 Å². The number of amides is 1. The highest BCUT2D eigenvalue weighted by Crippen LogP contribution is 2.01. The molecular formula is C10H13N3O. The molecule has 2 N–H and O–H groups in total. The number of nitrogens with one attached hydrogen (secondary N) is 2. The van der Waals surface area contributed by atoms with Gasteiger partial charge in [-0.25, -0.2) is 0 Å². The Morgan fingerprint density at radius 1 is 1.43 bits per heavy atom. The summed E-state index contributed by atoms with van der Waals surface area (Å²) in [4.78, 5) is 15.6. The Morgan fingerprint density at radius 3 is 3.07 bits per heavy atom. The average Bonchev–Trinajstić information content (AvgIpc) is 2.23. The van der Waals surface area contributed by atoms with Crippen LogP contribution in [0, 0.1) is 0 Å². The predicted octanol–water partition coefficient (Wildman–Crippen LogP) is -0.288. The molecule has 1 aromatic heterocycles. The van der Waals surface area contributed by atoms with Gasteiger partial charge in [0.15, 0.2) is 0 Å². The van der Waals surface area contributed by atoms with E-state index in [0.29, 0.717) is 6.42 Å². The molecule has 0 aliphatic carbocycles. The lowest BCUT2D eigenvalue weighted by atomic mass is 10.1. The lowest BCUT2D eigenvalue weighted by molar-refractivity contribution is -0.124. The van der Waals surface area contributed by atoms with E-state index >= 15 is 0 Å². The topological polar surface area (TPSA) is 54.0 Å². The van der Waals surface area contributed by atoms with Crippen LogP contribution in [0.1, 0.15) is 5.69 Å². The lowest BCUT2D eigenvalue weighted by Gasteiger charge is -2.22. The third kappa shape index (κ3) is 2.09. The van der Waals surface area contributed by atoms with Crippen LogP contribution in [0.4, 0.5) is 0 Å². The summed E-state index contributed by atoms with van der Waals surface area (Å²) in [6.07, 6.45) is 2.41. The third-order valence-electron chi connectivity index (χ3n) is 2.27. The first-order valence-electron chi connectivity index (χ1n) is 4.77. The molecule has 2 heterocycles. The number of rotatable bonds is 2. The molecule has 1 atom stereocenters. The number of piperazine rings is 1. The van der Waals surface area contributed by atoms with Crippen LogP contribution >= 0.6 is 0 Å². The van der Waals surface area contributed by atoms with Gasteiger partial charge in [0, 0.05) is 31.4 Å². The second-order valence-electron chi connectivity index (χ2n) is 3.32. The third-order valence-corrected chi connectivity index (χ3v) is 2.27. The highest BCUT2D eigenvalue weighted by molar-refractivity contribution is 5.82. The van der Waals surface area contributed by atoms with Crippen LogP contribution in [0.3, 0.4) is 0 Å². The minimum absolute atomic E-state index is 0.0712. The summed E-state index contributed by atoms with van der Waals surface area (Å²) in [5, 5.41) is 5.99. The van der Waals surface area contributed by atoms with Crippen LogP contribution in [-0.4, -0.2) is 30.0 Å². The number of nitrogens with zero attached hydrogens (tertiary/aromatic N) is 1. The summed E-state index contributed by atoms with van der Waals surface area (Å²) in [6.45, 7) is 1.56. The van der Waals surface area contributed by atoms with Crippen molar-refractivity contribution in [3.8, 4) is 0 Å². The molecule has 2 rings (SSSR count). The SMILES string of the molecule is O=C1NCCN[C@H]1Cc1ccccn1. The van der Waals surface area contributed by atoms with E-state index in [4.69, 9.17) is 0 Å². The summed E-state index contributed by atoms with van der Waals surface area (Å²) in [5.74, 6) is 0.0712. The zero-order valence-corrected chi connectivity index (χ0v) is 7.86. The molecule has 1 amide bonds. The Labute approximate surface area is 82.7 Å². The fraction of sp³-hybridized carbons (Fsp3) is 0.400. The molecular weight excluding hydrogens is 178 g/mol. The first kappa shape index (κ1) is 9.15. The van der Waals surface area contributed by atoms with Gasteiger partial charge in [-0.2, -0.15) is 0 Å². The summed E-state index contributed by atoms with van der Waals surface area (Å²) in [7, 11) is 0. The van der Waals surface area contributed by atoms with Gasteiger partial charge >= 0.3 is 0 Å². The van der Waals surface area contributed by atoms with Crippen LogP contribution < -0.4 is 10.6 Å². The number of carbonyl (C=O) groups excluding carboxylic acids is 1. The Hall–Kier alpha value is -1.42. The van der Waals surface area contributed by atoms with Crippen LogP contribution in [0.15, 0.2) is 24.4 Å². The van der Waals surface area contributed by atoms with E-state index in [1.165, 1.54) is 0 Å². The highest BCUT2D eigenvalue weighted by atomic mass is 16.2. The Balaban J connectivity index is 2.00. The van der Waals surface area contributed by atoms with Gasteiger partial charge in [0.05, 0.1) is 6.04 Å². The number of hydrogen-bond donors (Lipinski definition) is 2. The van der Waals surface area contributed by atoms with Crippen LogP contribution in [0.25, 0.3) is 0 Å². The largest absolute Gasteiger partial charge is 0.353 e. The summed E-state index contributed by atoms with van der Waals surface area (Å²) in [5.41, 5.74) is 0.946. The van der Waals surface area contributed by atoms with Gasteiger partial charge in [-0.1, -0.05) is 6.07 Å². The second kappa shape index (κ2) is 4.19. The molecule has 0 aromatic carbocycles. The van der Waals surface area contributed by atoms with E-state index in [9.17, 15) is 4.79 Å². The van der Waals surface area contributed by atoms with Crippen molar-refractivity contribution < 1.29 is 4.79 Å². The van der Waals surface area contributed by atoms with E-state index < -0.39 is 0 Å². The molecule has 1 aliphatic heterocycles. The molecule has 0 unspecified atom stereocenters. The predicted molar refractivity (Wildman–Crippen MR) is 52.7 cm³/mol. The fourth-order valence-corrected chi connectivity index (χ4v) is 1.54. The van der Waals surface area contributed by atoms with Crippen molar-refractivity contribution in [2.75, 3.05) is 13.1 Å². The van der Waals surface area contributed by atoms with E-state index in [0.717, 1.165) is 18.8 Å². The van der Waals surface area contributed by atoms with E-state index in [2.05, 4.69) is 15.6 Å². The molecule has 4 nitrogen and oxygen atoms in total. The molecule has 1 aliphatic rings. The first-order valence-corrected chi connectivity index (χ1v) is 4.77. The van der Waals surface area contributed by atoms with Gasteiger partial charge in [-0.05, 0) is 12.1 Å². The molecule has 0 saturated carbocycles. The molecule has 0 bridgehead atoms. The van der Waals surface area contributed by atoms with E-state index in [1.54, 1.807) is 6.20 Å². The van der Waals surface area contributed by atoms with E-state index in [1.807, 2.05) is 18.2 Å². The molecule has 1 aromatic rings. The minimum Gasteiger partial charge on any atom is -0.353 e. The standard InChI is InChI=1S/C10H13N3O/c14-10-9(12-5-6-13-10)7-8-3-1-2-4-11-8/h1-4,9,12H,5-7H2,(H,13,14)/t9-/m0/s1. The second-order valence-corrected chi connectivity index (χ2v) is 3.32. The van der Waals surface area contributed by atoms with Crippen molar-refractivity contribution in [3.05, 3.63) is 30.1 Å². The normalized spacial score (nSPS) is 21.7. The molecule has 74 valence electrons. The monoisotopic (exact) mass is 191 g/mol. The number of aromatic nitrogens is 1. The van der Waals surface area contributed by atoms with Crippen molar-refractivity contribution in [1.29, 1.82) is 0 Å². The number of carbonyl (C=O) groups is 1. The Bertz CT molecular complexity index is 312. The smallest absolute Gasteiger partial charge is 0.237 e. The lowest BCUT2D eigenvalue weighted by Crippen LogP contribution is -2.53. The van der Waals surface area contributed by atoms with Crippen LogP contribution in [-0.2, 0) is 11.2 Å². The van der Waals surface area contributed by atoms with Gasteiger partial charge in [-0.15, -0.1) is 0 Å². The Kier molecular flexibility index (Phi) is 2.74. The quantitative estimate of drug-likeness (QED) is 0.675. The van der Waals surface area contributed by atoms with Crippen molar-refractivity contribution in [2.45, 2.75) is 12.5 Å². The van der Waals surface area contributed by atoms with Gasteiger partial charge in [0.25, 0.3) is 0 Å². The van der Waals surface area contributed by atoms with Gasteiger partial charge < -0.3 is 10.6 Å². The van der Waals surface area contributed by atoms with Gasteiger partial charge in [0.1, 0.15) is 0 Å².